The Kier molecular flexibility index (Phi) is 11.2. The first-order valence-corrected chi connectivity index (χ1v) is 22.0. The third-order valence-corrected chi connectivity index (χ3v) is 16.5. The Morgan fingerprint density at radius 1 is 0.857 bits per heavy atom. The summed E-state index contributed by atoms with van der Waals surface area (Å²) in [7, 11) is 0. The van der Waals surface area contributed by atoms with E-state index in [1.54, 1.807) is 0 Å². The lowest BCUT2D eigenvalue weighted by atomic mass is 9.40. The minimum atomic E-state index is -0.909. The highest BCUT2D eigenvalue weighted by Crippen LogP contribution is 2.90. The zero-order valence-electron chi connectivity index (χ0n) is 37.4. The van der Waals surface area contributed by atoms with Crippen LogP contribution in [0.4, 0.5) is 9.59 Å². The van der Waals surface area contributed by atoms with E-state index < -0.39 is 40.7 Å². The van der Waals surface area contributed by atoms with Gasteiger partial charge in [0, 0.05) is 12.5 Å². The van der Waals surface area contributed by atoms with E-state index in [1.165, 1.54) is 12.8 Å². The van der Waals surface area contributed by atoms with Gasteiger partial charge >= 0.3 is 12.2 Å². The number of aliphatic hydroxyl groups is 2. The summed E-state index contributed by atoms with van der Waals surface area (Å²) >= 11 is 0. The Labute approximate surface area is 339 Å². The number of aliphatic hydroxyl groups excluding tert-OH is 1. The fourth-order valence-electron chi connectivity index (χ4n) is 14.4. The zero-order valence-corrected chi connectivity index (χ0v) is 37.4. The molecule has 13 unspecified atom stereocenters. The number of rotatable bonds is 10. The molecule has 6 fully saturated rings. The van der Waals surface area contributed by atoms with Gasteiger partial charge in [0.25, 0.3) is 0 Å². The van der Waals surface area contributed by atoms with E-state index in [1.807, 2.05) is 55.4 Å². The summed E-state index contributed by atoms with van der Waals surface area (Å²) in [6.45, 7) is 32.5. The summed E-state index contributed by atoms with van der Waals surface area (Å²) in [5.74, 6) is 1.20. The van der Waals surface area contributed by atoms with Gasteiger partial charge in [-0.25, -0.2) is 9.59 Å². The molecule has 1 saturated heterocycles. The number of ether oxygens (including phenoxy) is 4. The Hall–Kier alpha value is -1.62. The summed E-state index contributed by atoms with van der Waals surface area (Å²) in [5, 5.41) is 28.9. The predicted octanol–water partition coefficient (Wildman–Crippen LogP) is 8.75. The number of alkyl carbamates (subject to hydrolysis) is 2. The van der Waals surface area contributed by atoms with Crippen LogP contribution < -0.4 is 10.6 Å². The zero-order chi connectivity index (χ0) is 41.7. The van der Waals surface area contributed by atoms with Crippen molar-refractivity contribution in [2.24, 2.45) is 50.7 Å². The molecule has 2 amide bonds. The van der Waals surface area contributed by atoms with E-state index in [4.69, 9.17) is 25.9 Å². The molecule has 10 nitrogen and oxygen atoms in total. The highest BCUT2D eigenvalue weighted by Gasteiger charge is 2.83. The molecule has 5 saturated carbocycles. The monoisotopic (exact) mass is 788 g/mol. The molecule has 6 aliphatic rings. The number of fused-ring (bicyclic) bond motifs is 2. The van der Waals surface area contributed by atoms with Crippen molar-refractivity contribution >= 4 is 12.2 Å². The summed E-state index contributed by atoms with van der Waals surface area (Å²) < 4.78 is 24.7. The normalized spacial score (nSPS) is 43.4. The molecule has 13 atom stereocenters. The van der Waals surface area contributed by atoms with Gasteiger partial charge in [0.05, 0.1) is 42.2 Å². The van der Waals surface area contributed by atoms with Crippen LogP contribution >= 0.6 is 0 Å². The molecule has 5 aliphatic carbocycles. The highest BCUT2D eigenvalue weighted by atomic mass is 16.6. The van der Waals surface area contributed by atoms with Gasteiger partial charge in [0.1, 0.15) is 11.2 Å². The van der Waals surface area contributed by atoms with Crippen molar-refractivity contribution in [1.82, 2.24) is 10.6 Å². The molecule has 322 valence electrons. The van der Waals surface area contributed by atoms with Gasteiger partial charge in [-0.2, -0.15) is 5.92 Å². The van der Waals surface area contributed by atoms with Crippen LogP contribution in [0.3, 0.4) is 0 Å². The first-order chi connectivity index (χ1) is 25.5. The fourth-order valence-corrected chi connectivity index (χ4v) is 14.4. The molecular formula is C46H79N2O8-. The van der Waals surface area contributed by atoms with Gasteiger partial charge in [-0.15, -0.1) is 0 Å². The minimum absolute atomic E-state index is 0.0183. The van der Waals surface area contributed by atoms with Crippen molar-refractivity contribution in [1.29, 1.82) is 0 Å². The van der Waals surface area contributed by atoms with E-state index in [0.717, 1.165) is 44.9 Å². The molecular weight excluding hydrogens is 709 g/mol. The lowest BCUT2D eigenvalue weighted by molar-refractivity contribution is -0.205. The van der Waals surface area contributed by atoms with Crippen molar-refractivity contribution in [3.05, 3.63) is 6.92 Å². The highest BCUT2D eigenvalue weighted by molar-refractivity contribution is 5.68. The maximum absolute atomic E-state index is 13.0. The average Bonchev–Trinajstić information content (AvgIpc) is 3.37. The van der Waals surface area contributed by atoms with Crippen LogP contribution in [-0.4, -0.2) is 82.3 Å². The first kappa shape index (κ1) is 43.9. The molecule has 2 spiro atoms. The number of carbonyl (C=O) groups is 2. The smallest absolute Gasteiger partial charge is 0.407 e. The van der Waals surface area contributed by atoms with Gasteiger partial charge in [-0.05, 0) is 160 Å². The molecule has 10 heteroatoms. The van der Waals surface area contributed by atoms with Crippen LogP contribution in [0.5, 0.6) is 0 Å². The van der Waals surface area contributed by atoms with E-state index in [2.05, 4.69) is 45.3 Å². The summed E-state index contributed by atoms with van der Waals surface area (Å²) in [6, 6.07) is -0.280. The van der Waals surface area contributed by atoms with Crippen LogP contribution in [-0.2, 0) is 18.9 Å². The SMILES string of the molecule is [CH2-]C1CC2C3(C)CC(O)C(C4(C)CCC(C(C)(C)O)O4)C3(C)CCC23CC32CCC(OCC(CCCNC(=O)OC(C)(C)C)NC(=O)OC(C)(C)C)C(C)(C)C12. The van der Waals surface area contributed by atoms with Gasteiger partial charge in [0.2, 0.25) is 0 Å². The van der Waals surface area contributed by atoms with Crippen LogP contribution in [0.25, 0.3) is 0 Å². The van der Waals surface area contributed by atoms with Gasteiger partial charge in [0.15, 0.2) is 0 Å². The molecule has 6 rings (SSSR count). The number of amides is 2. The Bertz CT molecular complexity index is 1480. The number of hydrogen-bond acceptors (Lipinski definition) is 8. The van der Waals surface area contributed by atoms with Crippen LogP contribution in [0.1, 0.15) is 161 Å². The number of hydrogen-bond donors (Lipinski definition) is 4. The Morgan fingerprint density at radius 2 is 1.50 bits per heavy atom. The first-order valence-electron chi connectivity index (χ1n) is 22.0. The molecule has 0 aromatic rings. The molecule has 56 heavy (non-hydrogen) atoms. The van der Waals surface area contributed by atoms with Crippen molar-refractivity contribution in [2.45, 2.75) is 207 Å². The molecule has 1 aliphatic heterocycles. The molecule has 0 radical (unpaired) electrons. The Morgan fingerprint density at radius 3 is 2.11 bits per heavy atom. The number of carbonyl (C=O) groups excluding carboxylic acids is 2. The standard InChI is InChI=1S/C46H79N2O8/c1-28-24-31-43(13)25-30(49)35(44(14)19-17-33(54-44)41(10,11)52)42(43,12)21-22-45(31)27-46(45)20-18-32(40(8,9)34(28)46)53-26-29(48-37(51)56-39(5,6)7)16-15-23-47-36(50)55-38(2,3)4/h28-35,49,52H,1,15-27H2,2-14H3,(H,47,50)(H,48,51)/q-1. The third-order valence-electron chi connectivity index (χ3n) is 16.5. The van der Waals surface area contributed by atoms with Crippen LogP contribution in [0, 0.1) is 57.7 Å². The summed E-state index contributed by atoms with van der Waals surface area (Å²) in [6.07, 6.45) is 8.85. The van der Waals surface area contributed by atoms with Crippen molar-refractivity contribution in [2.75, 3.05) is 13.2 Å². The molecule has 0 aromatic carbocycles. The van der Waals surface area contributed by atoms with Crippen molar-refractivity contribution in [3.63, 3.8) is 0 Å². The second kappa shape index (κ2) is 14.2. The predicted molar refractivity (Wildman–Crippen MR) is 218 cm³/mol. The molecule has 4 N–H and O–H groups in total. The summed E-state index contributed by atoms with van der Waals surface area (Å²) in [5.41, 5.74) is -2.31. The van der Waals surface area contributed by atoms with Crippen LogP contribution in [0.2, 0.25) is 0 Å². The van der Waals surface area contributed by atoms with E-state index in [9.17, 15) is 19.8 Å². The van der Waals surface area contributed by atoms with Crippen molar-refractivity contribution in [3.8, 4) is 0 Å². The Balaban J connectivity index is 1.15. The van der Waals surface area contributed by atoms with Gasteiger partial charge in [-0.3, -0.25) is 0 Å². The minimum Gasteiger partial charge on any atom is -0.444 e. The topological polar surface area (TPSA) is 136 Å². The van der Waals surface area contributed by atoms with Gasteiger partial charge in [-0.1, -0.05) is 40.0 Å². The van der Waals surface area contributed by atoms with Crippen LogP contribution in [0.15, 0.2) is 0 Å². The summed E-state index contributed by atoms with van der Waals surface area (Å²) in [4.78, 5) is 25.2. The molecule has 0 bridgehead atoms. The quantitative estimate of drug-likeness (QED) is 0.128. The fraction of sp³-hybridized carbons (Fsp3) is 0.935. The van der Waals surface area contributed by atoms with E-state index in [-0.39, 0.29) is 57.2 Å². The van der Waals surface area contributed by atoms with Gasteiger partial charge < -0.3 is 46.7 Å². The maximum atomic E-state index is 13.0. The second-order valence-electron chi connectivity index (χ2n) is 23.3. The van der Waals surface area contributed by atoms with Crippen molar-refractivity contribution < 1.29 is 38.7 Å². The second-order valence-corrected chi connectivity index (χ2v) is 23.3. The third kappa shape index (κ3) is 7.54. The lowest BCUT2D eigenvalue weighted by Gasteiger charge is -2.66. The molecule has 1 heterocycles. The molecule has 0 aromatic heterocycles. The van der Waals surface area contributed by atoms with E-state index in [0.29, 0.717) is 37.8 Å². The lowest BCUT2D eigenvalue weighted by Crippen LogP contribution is -2.61. The van der Waals surface area contributed by atoms with E-state index >= 15 is 0 Å². The largest absolute Gasteiger partial charge is 0.444 e. The number of nitrogens with one attached hydrogen (secondary N) is 2. The maximum Gasteiger partial charge on any atom is 0.407 e. The average molecular weight is 788 g/mol.